The highest BCUT2D eigenvalue weighted by Crippen LogP contribution is 2.32. The Bertz CT molecular complexity index is 241. The number of alkyl halides is 3. The molecule has 0 aromatic rings. The summed E-state index contributed by atoms with van der Waals surface area (Å²) in [4.78, 5) is 0. The molecule has 0 aromatic heterocycles. The molecule has 3 unspecified atom stereocenters. The molecular formula is C11H20F3NO2. The zero-order valence-corrected chi connectivity index (χ0v) is 10.2. The molecule has 0 bridgehead atoms. The predicted molar refractivity (Wildman–Crippen MR) is 57.7 cm³/mol. The number of halogens is 3. The first-order valence-electron chi connectivity index (χ1n) is 5.85. The molecule has 0 saturated heterocycles. The van der Waals surface area contributed by atoms with Crippen molar-refractivity contribution in [2.24, 2.45) is 0 Å². The maximum absolute atomic E-state index is 12.4. The first-order valence-corrected chi connectivity index (χ1v) is 5.85. The van der Waals surface area contributed by atoms with Crippen LogP contribution in [0.25, 0.3) is 0 Å². The van der Waals surface area contributed by atoms with Gasteiger partial charge in [0.2, 0.25) is 0 Å². The van der Waals surface area contributed by atoms with E-state index < -0.39 is 23.9 Å². The lowest BCUT2D eigenvalue weighted by Crippen LogP contribution is -2.52. The lowest BCUT2D eigenvalue weighted by molar-refractivity contribution is -0.231. The summed E-state index contributed by atoms with van der Waals surface area (Å²) in [5.41, 5.74) is -0.492. The molecule has 0 heterocycles. The monoisotopic (exact) mass is 255 g/mol. The first kappa shape index (κ1) is 14.7. The Morgan fingerprint density at radius 3 is 2.65 bits per heavy atom. The van der Waals surface area contributed by atoms with Crippen molar-refractivity contribution in [2.45, 2.75) is 56.5 Å². The second kappa shape index (κ2) is 5.54. The van der Waals surface area contributed by atoms with E-state index in [1.165, 1.54) is 0 Å². The largest absolute Gasteiger partial charge is 0.414 e. The number of rotatable bonds is 4. The molecule has 102 valence electrons. The van der Waals surface area contributed by atoms with Gasteiger partial charge in [0, 0.05) is 5.54 Å². The van der Waals surface area contributed by atoms with Crippen LogP contribution in [0, 0.1) is 0 Å². The molecule has 17 heavy (non-hydrogen) atoms. The maximum Gasteiger partial charge on any atom is 0.414 e. The van der Waals surface area contributed by atoms with Crippen molar-refractivity contribution in [3.63, 3.8) is 0 Å². The van der Waals surface area contributed by atoms with Crippen LogP contribution in [0.5, 0.6) is 0 Å². The zero-order chi connectivity index (χ0) is 13.1. The Labute approximate surface area is 99.3 Å². The normalized spacial score (nSPS) is 32.5. The summed E-state index contributed by atoms with van der Waals surface area (Å²) < 4.78 is 42.2. The Kier molecular flexibility index (Phi) is 4.80. The van der Waals surface area contributed by atoms with Crippen molar-refractivity contribution in [1.82, 2.24) is 5.32 Å². The number of aliphatic hydroxyl groups excluding tert-OH is 1. The summed E-state index contributed by atoms with van der Waals surface area (Å²) >= 11 is 0. The number of aliphatic hydroxyl groups is 1. The van der Waals surface area contributed by atoms with Crippen molar-refractivity contribution in [3.8, 4) is 0 Å². The highest BCUT2D eigenvalue weighted by atomic mass is 19.4. The second-order valence-electron chi connectivity index (χ2n) is 4.73. The summed E-state index contributed by atoms with van der Waals surface area (Å²) in [6, 6.07) is 0. The van der Waals surface area contributed by atoms with Crippen molar-refractivity contribution in [2.75, 3.05) is 13.7 Å². The molecule has 1 fully saturated rings. The number of hydrogen-bond donors (Lipinski definition) is 2. The van der Waals surface area contributed by atoms with Gasteiger partial charge in [-0.25, -0.2) is 0 Å². The van der Waals surface area contributed by atoms with Crippen LogP contribution in [0.4, 0.5) is 13.2 Å². The van der Waals surface area contributed by atoms with Gasteiger partial charge in [-0.15, -0.1) is 0 Å². The van der Waals surface area contributed by atoms with E-state index in [0.29, 0.717) is 12.8 Å². The third-order valence-corrected chi connectivity index (χ3v) is 3.49. The summed E-state index contributed by atoms with van der Waals surface area (Å²) in [5.74, 6) is 0. The summed E-state index contributed by atoms with van der Waals surface area (Å²) in [7, 11) is 1.71. The minimum absolute atomic E-state index is 0.0796. The average Bonchev–Trinajstić information content (AvgIpc) is 2.28. The Morgan fingerprint density at radius 1 is 1.53 bits per heavy atom. The minimum atomic E-state index is -4.32. The molecule has 1 aliphatic carbocycles. The minimum Gasteiger partial charge on any atom is -0.394 e. The third-order valence-electron chi connectivity index (χ3n) is 3.49. The summed E-state index contributed by atoms with van der Waals surface area (Å²) in [6.07, 6.45) is -3.96. The quantitative estimate of drug-likeness (QED) is 0.805. The van der Waals surface area contributed by atoms with Crippen LogP contribution in [0.3, 0.4) is 0 Å². The van der Waals surface area contributed by atoms with Crippen molar-refractivity contribution in [1.29, 1.82) is 0 Å². The van der Waals surface area contributed by atoms with Crippen LogP contribution in [-0.4, -0.2) is 42.7 Å². The van der Waals surface area contributed by atoms with Crippen LogP contribution in [0.2, 0.25) is 0 Å². The lowest BCUT2D eigenvalue weighted by Gasteiger charge is -2.40. The van der Waals surface area contributed by atoms with E-state index in [0.717, 1.165) is 19.8 Å². The zero-order valence-electron chi connectivity index (χ0n) is 10.2. The molecule has 0 radical (unpaired) electrons. The lowest BCUT2D eigenvalue weighted by atomic mass is 9.80. The van der Waals surface area contributed by atoms with Gasteiger partial charge in [0.05, 0.1) is 12.7 Å². The predicted octanol–water partition coefficient (Wildman–Crippen LogP) is 1.85. The average molecular weight is 255 g/mol. The molecule has 3 atom stereocenters. The van der Waals surface area contributed by atoms with Crippen LogP contribution >= 0.6 is 0 Å². The molecule has 0 amide bonds. The van der Waals surface area contributed by atoms with E-state index in [2.05, 4.69) is 5.32 Å². The van der Waals surface area contributed by atoms with E-state index in [-0.39, 0.29) is 6.61 Å². The fourth-order valence-corrected chi connectivity index (χ4v) is 2.24. The van der Waals surface area contributed by atoms with Crippen LogP contribution in [-0.2, 0) is 4.74 Å². The van der Waals surface area contributed by atoms with Crippen LogP contribution in [0.15, 0.2) is 0 Å². The highest BCUT2D eigenvalue weighted by molar-refractivity contribution is 4.93. The van der Waals surface area contributed by atoms with Crippen LogP contribution < -0.4 is 5.32 Å². The Balaban J connectivity index is 2.56. The Hall–Kier alpha value is -0.330. The van der Waals surface area contributed by atoms with Crippen molar-refractivity contribution >= 4 is 0 Å². The molecule has 3 nitrogen and oxygen atoms in total. The van der Waals surface area contributed by atoms with Gasteiger partial charge in [-0.1, -0.05) is 0 Å². The fourth-order valence-electron chi connectivity index (χ4n) is 2.24. The summed E-state index contributed by atoms with van der Waals surface area (Å²) in [6.45, 7) is 0.943. The fraction of sp³-hybridized carbons (Fsp3) is 1.00. The van der Waals surface area contributed by atoms with Crippen LogP contribution in [0.1, 0.15) is 32.6 Å². The molecule has 0 spiro atoms. The highest BCUT2D eigenvalue weighted by Gasteiger charge is 2.41. The van der Waals surface area contributed by atoms with Crippen molar-refractivity contribution in [3.05, 3.63) is 0 Å². The summed E-state index contributed by atoms with van der Waals surface area (Å²) in [5, 5.41) is 12.3. The molecule has 1 saturated carbocycles. The number of likely N-dealkylation sites (N-methyl/N-ethyl adjacent to an activating group) is 1. The standard InChI is InChI=1S/C11H20F3NO2/c1-8(11(12,13)14)17-9-4-3-5-10(6-9,7-16)15-2/h8-9,15-16H,3-7H2,1-2H3. The molecule has 1 aliphatic rings. The Morgan fingerprint density at radius 2 is 2.18 bits per heavy atom. The maximum atomic E-state index is 12.4. The number of hydrogen-bond acceptors (Lipinski definition) is 3. The van der Waals surface area contributed by atoms with Gasteiger partial charge >= 0.3 is 6.18 Å². The van der Waals surface area contributed by atoms with Gasteiger partial charge in [-0.3, -0.25) is 0 Å². The van der Waals surface area contributed by atoms with Gasteiger partial charge in [0.1, 0.15) is 0 Å². The molecule has 1 rings (SSSR count). The van der Waals surface area contributed by atoms with Gasteiger partial charge in [-0.05, 0) is 39.7 Å². The molecule has 0 aliphatic heterocycles. The molecule has 0 aromatic carbocycles. The van der Waals surface area contributed by atoms with E-state index in [1.54, 1.807) is 7.05 Å². The van der Waals surface area contributed by atoms with E-state index in [1.807, 2.05) is 0 Å². The van der Waals surface area contributed by atoms with E-state index in [9.17, 15) is 18.3 Å². The van der Waals surface area contributed by atoms with E-state index >= 15 is 0 Å². The molecular weight excluding hydrogens is 235 g/mol. The second-order valence-corrected chi connectivity index (χ2v) is 4.73. The molecule has 2 N–H and O–H groups in total. The number of nitrogens with one attached hydrogen (secondary N) is 1. The topological polar surface area (TPSA) is 41.5 Å². The van der Waals surface area contributed by atoms with Gasteiger partial charge in [-0.2, -0.15) is 13.2 Å². The molecule has 6 heteroatoms. The van der Waals surface area contributed by atoms with Gasteiger partial charge < -0.3 is 15.2 Å². The van der Waals surface area contributed by atoms with Gasteiger partial charge in [0.15, 0.2) is 6.10 Å². The SMILES string of the molecule is CNC1(CO)CCCC(OC(C)C(F)(F)F)C1. The van der Waals surface area contributed by atoms with Crippen molar-refractivity contribution < 1.29 is 23.0 Å². The number of ether oxygens (including phenoxy) is 1. The van der Waals surface area contributed by atoms with E-state index in [4.69, 9.17) is 4.74 Å². The van der Waals surface area contributed by atoms with Gasteiger partial charge in [0.25, 0.3) is 0 Å². The third kappa shape index (κ3) is 3.82. The smallest absolute Gasteiger partial charge is 0.394 e. The first-order chi connectivity index (χ1) is 7.83.